The van der Waals surface area contributed by atoms with Crippen LogP contribution < -0.4 is 10.9 Å². The Hall–Kier alpha value is -3.12. The molecule has 3 N–H and O–H groups in total. The van der Waals surface area contributed by atoms with Crippen LogP contribution in [0.5, 0.6) is 5.75 Å². The highest BCUT2D eigenvalue weighted by Crippen LogP contribution is 2.23. The number of benzene rings is 2. The maximum absolute atomic E-state index is 12.4. The lowest BCUT2D eigenvalue weighted by molar-refractivity contribution is -0.121. The molecule has 140 valence electrons. The minimum atomic E-state index is -0.607. The minimum Gasteiger partial charge on any atom is -0.508 e. The number of aromatic hydroxyl groups is 1. The van der Waals surface area contributed by atoms with Crippen molar-refractivity contribution >= 4 is 16.9 Å². The van der Waals surface area contributed by atoms with E-state index in [4.69, 9.17) is 4.42 Å². The van der Waals surface area contributed by atoms with E-state index in [0.717, 1.165) is 5.56 Å². The van der Waals surface area contributed by atoms with Crippen LogP contribution in [0.2, 0.25) is 0 Å². The van der Waals surface area contributed by atoms with Crippen molar-refractivity contribution in [3.63, 3.8) is 0 Å². The number of carbonyl (C=O) groups is 1. The smallest absolute Gasteiger partial charge is 0.340 e. The minimum absolute atomic E-state index is 0.00208. The van der Waals surface area contributed by atoms with Crippen molar-refractivity contribution in [2.24, 2.45) is 0 Å². The topological polar surface area (TPSA) is 99.8 Å². The van der Waals surface area contributed by atoms with Crippen LogP contribution >= 0.6 is 0 Å². The van der Waals surface area contributed by atoms with Gasteiger partial charge in [-0.15, -0.1) is 0 Å². The SMILES string of the molecule is Cc1c(CC(=O)N[C@H](CO)Cc2ccccc2)c(=O)oc2cc(O)ccc12. The molecule has 0 radical (unpaired) electrons. The molecule has 0 bridgehead atoms. The molecule has 27 heavy (non-hydrogen) atoms. The number of hydrogen-bond donors (Lipinski definition) is 3. The highest BCUT2D eigenvalue weighted by Gasteiger charge is 2.18. The number of hydrogen-bond acceptors (Lipinski definition) is 5. The monoisotopic (exact) mass is 367 g/mol. The summed E-state index contributed by atoms with van der Waals surface area (Å²) in [5.41, 5.74) is 1.57. The van der Waals surface area contributed by atoms with Crippen LogP contribution in [0, 0.1) is 6.92 Å². The molecule has 1 aromatic heterocycles. The number of fused-ring (bicyclic) bond motifs is 1. The maximum Gasteiger partial charge on any atom is 0.340 e. The van der Waals surface area contributed by atoms with Gasteiger partial charge in [0, 0.05) is 11.5 Å². The molecule has 3 rings (SSSR count). The first-order chi connectivity index (χ1) is 13.0. The molecule has 0 saturated heterocycles. The molecular formula is C21H21NO5. The second-order valence-corrected chi connectivity index (χ2v) is 6.49. The van der Waals surface area contributed by atoms with Gasteiger partial charge in [-0.05, 0) is 36.6 Å². The van der Waals surface area contributed by atoms with E-state index >= 15 is 0 Å². The van der Waals surface area contributed by atoms with Crippen LogP contribution in [0.3, 0.4) is 0 Å². The standard InChI is InChI=1S/C21H21NO5/c1-13-17-8-7-16(24)10-19(17)27-21(26)18(13)11-20(25)22-15(12-23)9-14-5-3-2-4-6-14/h2-8,10,15,23-24H,9,11-12H2,1H3,(H,22,25)/t15-/m0/s1. The number of carbonyl (C=O) groups excluding carboxylic acids is 1. The van der Waals surface area contributed by atoms with Gasteiger partial charge in [0.1, 0.15) is 11.3 Å². The molecule has 1 heterocycles. The summed E-state index contributed by atoms with van der Waals surface area (Å²) >= 11 is 0. The predicted octanol–water partition coefficient (Wildman–Crippen LogP) is 2.07. The Bertz CT molecular complexity index is 1010. The van der Waals surface area contributed by atoms with Gasteiger partial charge < -0.3 is 19.9 Å². The predicted molar refractivity (Wildman–Crippen MR) is 102 cm³/mol. The van der Waals surface area contributed by atoms with Gasteiger partial charge in [-0.25, -0.2) is 4.79 Å². The first kappa shape index (κ1) is 18.7. The number of phenols is 1. The van der Waals surface area contributed by atoms with E-state index in [1.165, 1.54) is 12.1 Å². The highest BCUT2D eigenvalue weighted by atomic mass is 16.4. The first-order valence-corrected chi connectivity index (χ1v) is 8.67. The Balaban J connectivity index is 1.77. The van der Waals surface area contributed by atoms with E-state index in [0.29, 0.717) is 17.4 Å². The summed E-state index contributed by atoms with van der Waals surface area (Å²) in [5, 5.41) is 22.5. The molecule has 0 aliphatic heterocycles. The van der Waals surface area contributed by atoms with E-state index in [1.54, 1.807) is 13.0 Å². The maximum atomic E-state index is 12.4. The lowest BCUT2D eigenvalue weighted by Crippen LogP contribution is -2.40. The molecule has 6 heteroatoms. The quantitative estimate of drug-likeness (QED) is 0.579. The third-order valence-corrected chi connectivity index (χ3v) is 4.52. The van der Waals surface area contributed by atoms with Gasteiger partial charge in [0.05, 0.1) is 24.6 Å². The highest BCUT2D eigenvalue weighted by molar-refractivity contribution is 5.85. The van der Waals surface area contributed by atoms with Crippen molar-refractivity contribution in [1.82, 2.24) is 5.32 Å². The van der Waals surface area contributed by atoms with Crippen molar-refractivity contribution in [2.75, 3.05) is 6.61 Å². The molecule has 0 unspecified atom stereocenters. The molecule has 0 aliphatic rings. The Kier molecular flexibility index (Phi) is 5.57. The van der Waals surface area contributed by atoms with E-state index in [1.807, 2.05) is 30.3 Å². The van der Waals surface area contributed by atoms with E-state index in [9.17, 15) is 19.8 Å². The Morgan fingerprint density at radius 3 is 2.63 bits per heavy atom. The summed E-state index contributed by atoms with van der Waals surface area (Å²) in [4.78, 5) is 24.7. The molecule has 3 aromatic rings. The summed E-state index contributed by atoms with van der Waals surface area (Å²) in [5.74, 6) is -0.360. The fraction of sp³-hybridized carbons (Fsp3) is 0.238. The molecule has 6 nitrogen and oxygen atoms in total. The number of phenolic OH excluding ortho intramolecular Hbond substituents is 1. The van der Waals surface area contributed by atoms with Crippen molar-refractivity contribution in [1.29, 1.82) is 0 Å². The third-order valence-electron chi connectivity index (χ3n) is 4.52. The van der Waals surface area contributed by atoms with E-state index < -0.39 is 11.7 Å². The Morgan fingerprint density at radius 2 is 1.93 bits per heavy atom. The average molecular weight is 367 g/mol. The van der Waals surface area contributed by atoms with E-state index in [-0.39, 0.29) is 35.8 Å². The Labute approximate surface area is 156 Å². The van der Waals surface area contributed by atoms with Gasteiger partial charge in [-0.3, -0.25) is 4.79 Å². The van der Waals surface area contributed by atoms with Gasteiger partial charge in [0.15, 0.2) is 0 Å². The molecule has 0 fully saturated rings. The van der Waals surface area contributed by atoms with Gasteiger partial charge in [0.25, 0.3) is 0 Å². The van der Waals surface area contributed by atoms with Crippen molar-refractivity contribution in [3.05, 3.63) is 75.6 Å². The molecule has 0 aliphatic carbocycles. The summed E-state index contributed by atoms with van der Waals surface area (Å²) < 4.78 is 5.24. The summed E-state index contributed by atoms with van der Waals surface area (Å²) in [6.45, 7) is 1.54. The van der Waals surface area contributed by atoms with E-state index in [2.05, 4.69) is 5.32 Å². The number of aryl methyl sites for hydroxylation is 1. The lowest BCUT2D eigenvalue weighted by atomic mass is 10.0. The number of aliphatic hydroxyl groups excluding tert-OH is 1. The van der Waals surface area contributed by atoms with Crippen LogP contribution in [0.15, 0.2) is 57.7 Å². The fourth-order valence-electron chi connectivity index (χ4n) is 3.09. The second kappa shape index (κ2) is 8.05. The Morgan fingerprint density at radius 1 is 1.19 bits per heavy atom. The van der Waals surface area contributed by atoms with Crippen LogP contribution in [-0.4, -0.2) is 28.8 Å². The zero-order chi connectivity index (χ0) is 19.4. The summed E-state index contributed by atoms with van der Waals surface area (Å²) in [7, 11) is 0. The number of rotatable bonds is 6. The average Bonchev–Trinajstić information content (AvgIpc) is 2.65. The summed E-state index contributed by atoms with van der Waals surface area (Å²) in [6, 6.07) is 13.6. The largest absolute Gasteiger partial charge is 0.508 e. The molecule has 0 saturated carbocycles. The van der Waals surface area contributed by atoms with Crippen LogP contribution in [0.25, 0.3) is 11.0 Å². The normalized spacial score (nSPS) is 12.1. The number of nitrogens with one attached hydrogen (secondary N) is 1. The summed E-state index contributed by atoms with van der Waals surface area (Å²) in [6.07, 6.45) is 0.351. The van der Waals surface area contributed by atoms with Gasteiger partial charge >= 0.3 is 5.63 Å². The van der Waals surface area contributed by atoms with Crippen molar-refractivity contribution in [2.45, 2.75) is 25.8 Å². The zero-order valence-corrected chi connectivity index (χ0v) is 14.9. The molecule has 0 spiro atoms. The molecule has 2 aromatic carbocycles. The molecular weight excluding hydrogens is 346 g/mol. The van der Waals surface area contributed by atoms with Gasteiger partial charge in [0.2, 0.25) is 5.91 Å². The number of aliphatic hydroxyl groups is 1. The fourth-order valence-corrected chi connectivity index (χ4v) is 3.09. The molecule has 1 atom stereocenters. The molecule has 1 amide bonds. The first-order valence-electron chi connectivity index (χ1n) is 8.67. The zero-order valence-electron chi connectivity index (χ0n) is 14.9. The third kappa shape index (κ3) is 4.35. The van der Waals surface area contributed by atoms with Crippen molar-refractivity contribution in [3.8, 4) is 5.75 Å². The van der Waals surface area contributed by atoms with Crippen LogP contribution in [-0.2, 0) is 17.6 Å². The van der Waals surface area contributed by atoms with Gasteiger partial charge in [-0.1, -0.05) is 30.3 Å². The van der Waals surface area contributed by atoms with Crippen LogP contribution in [0.4, 0.5) is 0 Å². The second-order valence-electron chi connectivity index (χ2n) is 6.49. The number of amides is 1. The lowest BCUT2D eigenvalue weighted by Gasteiger charge is -2.17. The van der Waals surface area contributed by atoms with Gasteiger partial charge in [-0.2, -0.15) is 0 Å². The van der Waals surface area contributed by atoms with Crippen LogP contribution in [0.1, 0.15) is 16.7 Å². The van der Waals surface area contributed by atoms with Crippen molar-refractivity contribution < 1.29 is 19.4 Å².